The highest BCUT2D eigenvalue weighted by Gasteiger charge is 2.26. The van der Waals surface area contributed by atoms with E-state index in [1.807, 2.05) is 6.92 Å². The van der Waals surface area contributed by atoms with E-state index >= 15 is 0 Å². The molecule has 1 heterocycles. The summed E-state index contributed by atoms with van der Waals surface area (Å²) < 4.78 is 10.4. The highest BCUT2D eigenvalue weighted by atomic mass is 16.7. The summed E-state index contributed by atoms with van der Waals surface area (Å²) in [6, 6.07) is 0. The number of ether oxygens (including phenoxy) is 2. The minimum absolute atomic E-state index is 0.194. The Balaban J connectivity index is 2.35. The highest BCUT2D eigenvalue weighted by molar-refractivity contribution is 4.74. The van der Waals surface area contributed by atoms with Crippen molar-refractivity contribution in [1.29, 1.82) is 0 Å². The maximum Gasteiger partial charge on any atom is 0.220 e. The zero-order chi connectivity index (χ0) is 6.91. The molecule has 1 rings (SSSR count). The zero-order valence-electron chi connectivity index (χ0n) is 6.23. The van der Waals surface area contributed by atoms with Crippen LogP contribution in [-0.2, 0) is 9.47 Å². The lowest BCUT2D eigenvalue weighted by Crippen LogP contribution is -2.32. The van der Waals surface area contributed by atoms with Crippen LogP contribution in [0.25, 0.3) is 0 Å². The van der Waals surface area contributed by atoms with Crippen LogP contribution in [0.3, 0.4) is 0 Å². The molecule has 1 radical (unpaired) electrons. The molecule has 0 aromatic rings. The van der Waals surface area contributed by atoms with Gasteiger partial charge in [0.25, 0.3) is 0 Å². The van der Waals surface area contributed by atoms with Crippen LogP contribution in [0.5, 0.6) is 0 Å². The highest BCUT2D eigenvalue weighted by Crippen LogP contribution is 2.25. The predicted octanol–water partition coefficient (Wildman–Crippen LogP) is 1.57. The van der Waals surface area contributed by atoms with Gasteiger partial charge < -0.3 is 9.47 Å². The van der Waals surface area contributed by atoms with Crippen LogP contribution in [0.1, 0.15) is 20.8 Å². The molecule has 0 atom stereocenters. The first-order valence-electron chi connectivity index (χ1n) is 3.19. The van der Waals surface area contributed by atoms with E-state index in [-0.39, 0.29) is 5.41 Å². The molecule has 1 aliphatic heterocycles. The third kappa shape index (κ3) is 1.95. The summed E-state index contributed by atoms with van der Waals surface area (Å²) >= 11 is 0. The average Bonchev–Trinajstić information content (AvgIpc) is 1.78. The van der Waals surface area contributed by atoms with Gasteiger partial charge in [-0.2, -0.15) is 0 Å². The van der Waals surface area contributed by atoms with Crippen LogP contribution in [0, 0.1) is 11.7 Å². The molecule has 1 fully saturated rings. The summed E-state index contributed by atoms with van der Waals surface area (Å²) in [4.78, 5) is 0. The summed E-state index contributed by atoms with van der Waals surface area (Å²) in [7, 11) is 0. The Hall–Kier alpha value is -0.0800. The van der Waals surface area contributed by atoms with Crippen LogP contribution in [-0.4, -0.2) is 13.2 Å². The summed E-state index contributed by atoms with van der Waals surface area (Å²) in [6.07, 6.45) is 0.703. The van der Waals surface area contributed by atoms with Crippen molar-refractivity contribution in [2.45, 2.75) is 20.8 Å². The standard InChI is InChI=1S/C7H13O2/c1-6-8-4-7(2,3)5-9-6/h4-5H2,1-3H3. The number of rotatable bonds is 0. The molecule has 1 aliphatic rings. The largest absolute Gasteiger partial charge is 0.345 e. The van der Waals surface area contributed by atoms with Crippen LogP contribution < -0.4 is 0 Å². The Kier molecular flexibility index (Phi) is 1.78. The molecular formula is C7H13O2. The first kappa shape index (κ1) is 7.03. The van der Waals surface area contributed by atoms with Crippen molar-refractivity contribution in [3.8, 4) is 0 Å². The Morgan fingerprint density at radius 1 is 1.22 bits per heavy atom. The molecule has 0 aromatic carbocycles. The fourth-order valence-electron chi connectivity index (χ4n) is 0.677. The van der Waals surface area contributed by atoms with Crippen molar-refractivity contribution >= 4 is 0 Å². The third-order valence-corrected chi connectivity index (χ3v) is 1.33. The monoisotopic (exact) mass is 129 g/mol. The summed E-state index contributed by atoms with van der Waals surface area (Å²) in [5, 5.41) is 0. The van der Waals surface area contributed by atoms with Crippen molar-refractivity contribution in [3.05, 3.63) is 6.29 Å². The van der Waals surface area contributed by atoms with Gasteiger partial charge in [-0.1, -0.05) is 13.8 Å². The topological polar surface area (TPSA) is 18.5 Å². The van der Waals surface area contributed by atoms with Crippen LogP contribution >= 0.6 is 0 Å². The van der Waals surface area contributed by atoms with Crippen molar-refractivity contribution in [2.24, 2.45) is 5.41 Å². The van der Waals surface area contributed by atoms with Crippen molar-refractivity contribution in [3.63, 3.8) is 0 Å². The molecule has 0 spiro atoms. The lowest BCUT2D eigenvalue weighted by molar-refractivity contribution is -0.138. The SMILES string of the molecule is C[C]1OCC(C)(C)CO1. The van der Waals surface area contributed by atoms with Gasteiger partial charge in [0.1, 0.15) is 0 Å². The first-order valence-corrected chi connectivity index (χ1v) is 3.19. The molecule has 0 saturated carbocycles. The molecule has 0 unspecified atom stereocenters. The second-order valence-electron chi connectivity index (χ2n) is 3.23. The maximum atomic E-state index is 5.19. The Morgan fingerprint density at radius 3 is 2.00 bits per heavy atom. The Labute approximate surface area is 56.2 Å². The van der Waals surface area contributed by atoms with Crippen molar-refractivity contribution in [1.82, 2.24) is 0 Å². The van der Waals surface area contributed by atoms with Gasteiger partial charge in [-0.15, -0.1) is 0 Å². The van der Waals surface area contributed by atoms with Crippen molar-refractivity contribution < 1.29 is 9.47 Å². The second-order valence-corrected chi connectivity index (χ2v) is 3.23. The molecule has 1 saturated heterocycles. The molecule has 2 heteroatoms. The summed E-state index contributed by atoms with van der Waals surface area (Å²) in [5.74, 6) is 0. The van der Waals surface area contributed by atoms with E-state index in [0.717, 1.165) is 13.2 Å². The van der Waals surface area contributed by atoms with Crippen molar-refractivity contribution in [2.75, 3.05) is 13.2 Å². The minimum Gasteiger partial charge on any atom is -0.345 e. The van der Waals surface area contributed by atoms with E-state index in [9.17, 15) is 0 Å². The van der Waals surface area contributed by atoms with E-state index in [4.69, 9.17) is 9.47 Å². The van der Waals surface area contributed by atoms with Gasteiger partial charge in [0, 0.05) is 5.41 Å². The lowest BCUT2D eigenvalue weighted by Gasteiger charge is -2.31. The normalized spacial score (nSPS) is 28.3. The first-order chi connectivity index (χ1) is 4.10. The molecule has 0 N–H and O–H groups in total. The number of hydrogen-bond donors (Lipinski definition) is 0. The van der Waals surface area contributed by atoms with E-state index < -0.39 is 0 Å². The van der Waals surface area contributed by atoms with Gasteiger partial charge in [0.05, 0.1) is 13.2 Å². The quantitative estimate of drug-likeness (QED) is 0.494. The third-order valence-electron chi connectivity index (χ3n) is 1.33. The van der Waals surface area contributed by atoms with E-state index in [0.29, 0.717) is 6.29 Å². The van der Waals surface area contributed by atoms with E-state index in [1.165, 1.54) is 0 Å². The van der Waals surface area contributed by atoms with Gasteiger partial charge in [0.15, 0.2) is 0 Å². The van der Waals surface area contributed by atoms with Gasteiger partial charge >= 0.3 is 0 Å². The minimum atomic E-state index is 0.194. The van der Waals surface area contributed by atoms with Crippen LogP contribution in [0.2, 0.25) is 0 Å². The Bertz CT molecular complexity index is 89.1. The summed E-state index contributed by atoms with van der Waals surface area (Å²) in [5.41, 5.74) is 0.194. The van der Waals surface area contributed by atoms with Crippen LogP contribution in [0.15, 0.2) is 0 Å². The molecule has 0 amide bonds. The average molecular weight is 129 g/mol. The maximum absolute atomic E-state index is 5.19. The van der Waals surface area contributed by atoms with Gasteiger partial charge in [-0.3, -0.25) is 0 Å². The van der Waals surface area contributed by atoms with E-state index in [2.05, 4.69) is 13.8 Å². The smallest absolute Gasteiger partial charge is 0.220 e. The molecule has 2 nitrogen and oxygen atoms in total. The molecule has 0 bridgehead atoms. The van der Waals surface area contributed by atoms with Gasteiger partial charge in [-0.05, 0) is 6.92 Å². The fraction of sp³-hybridized carbons (Fsp3) is 0.857. The second kappa shape index (κ2) is 2.27. The Morgan fingerprint density at radius 2 is 1.67 bits per heavy atom. The van der Waals surface area contributed by atoms with E-state index in [1.54, 1.807) is 0 Å². The van der Waals surface area contributed by atoms with Crippen LogP contribution in [0.4, 0.5) is 0 Å². The molecule has 9 heavy (non-hydrogen) atoms. The number of hydrogen-bond acceptors (Lipinski definition) is 2. The molecular weight excluding hydrogens is 116 g/mol. The molecule has 0 aliphatic carbocycles. The van der Waals surface area contributed by atoms with Gasteiger partial charge in [-0.25, -0.2) is 0 Å². The predicted molar refractivity (Wildman–Crippen MR) is 34.6 cm³/mol. The lowest BCUT2D eigenvalue weighted by atomic mass is 9.96. The fourth-order valence-corrected chi connectivity index (χ4v) is 0.677. The van der Waals surface area contributed by atoms with Gasteiger partial charge in [0.2, 0.25) is 6.29 Å². The summed E-state index contributed by atoms with van der Waals surface area (Å²) in [6.45, 7) is 7.64. The molecule has 53 valence electrons. The zero-order valence-corrected chi connectivity index (χ0v) is 6.23. The molecule has 0 aromatic heterocycles.